The van der Waals surface area contributed by atoms with Crippen molar-refractivity contribution in [3.63, 3.8) is 0 Å². The van der Waals surface area contributed by atoms with Crippen molar-refractivity contribution in [3.8, 4) is 0 Å². The fourth-order valence-corrected chi connectivity index (χ4v) is 1.74. The first kappa shape index (κ1) is 37.7. The van der Waals surface area contributed by atoms with E-state index in [1.54, 1.807) is 0 Å². The maximum atomic E-state index is 14.0. The molecule has 0 aliphatic heterocycles. The van der Waals surface area contributed by atoms with Gasteiger partial charge in [-0.15, -0.1) is 0 Å². The summed E-state index contributed by atoms with van der Waals surface area (Å²) in [6, 6.07) is 0. The lowest BCUT2D eigenvalue weighted by atomic mass is 10.2. The summed E-state index contributed by atoms with van der Waals surface area (Å²) in [5.74, 6) is -37.8. The number of hydrogen-bond acceptors (Lipinski definition) is 4. The van der Waals surface area contributed by atoms with Gasteiger partial charge in [-0.1, -0.05) is 0 Å². The molecule has 0 fully saturated rings. The Kier molecular flexibility index (Phi) is 9.10. The van der Waals surface area contributed by atoms with Crippen LogP contribution in [0.5, 0.6) is 0 Å². The minimum atomic E-state index is -8.84. The number of hydrogen-bond donors (Lipinski definition) is 1. The number of carbonyl (C=O) groups is 1. The van der Waals surface area contributed by atoms with Gasteiger partial charge in [0, 0.05) is 0 Å². The number of halogens is 23. The van der Waals surface area contributed by atoms with Gasteiger partial charge in [0.1, 0.15) is 0 Å². The summed E-state index contributed by atoms with van der Waals surface area (Å²) in [7, 11) is 0. The average molecular weight is 662 g/mol. The van der Waals surface area contributed by atoms with Crippen LogP contribution in [0.4, 0.5) is 101 Å². The van der Waals surface area contributed by atoms with Gasteiger partial charge in [0.2, 0.25) is 0 Å². The predicted molar refractivity (Wildman–Crippen MR) is 66.4 cm³/mol. The zero-order chi connectivity index (χ0) is 33.2. The van der Waals surface area contributed by atoms with Crippen LogP contribution in [0.15, 0.2) is 0 Å². The molecule has 0 aliphatic rings. The molecular weight excluding hydrogens is 661 g/mol. The largest absolute Gasteiger partial charge is 0.477 e. The molecule has 0 bridgehead atoms. The number of rotatable bonds is 9. The molecule has 0 saturated heterocycles. The molecule has 28 heteroatoms. The Morgan fingerprint density at radius 3 is 0.850 bits per heavy atom. The van der Waals surface area contributed by atoms with Gasteiger partial charge in [0.15, 0.2) is 0 Å². The first-order valence-electron chi connectivity index (χ1n) is 8.00. The molecule has 0 aromatic rings. The quantitative estimate of drug-likeness (QED) is 0.276. The Bertz CT molecular complexity index is 913. The van der Waals surface area contributed by atoms with Crippen LogP contribution in [0.25, 0.3) is 0 Å². The highest BCUT2D eigenvalue weighted by Crippen LogP contribution is 2.59. The summed E-state index contributed by atoms with van der Waals surface area (Å²) >= 11 is 0. The highest BCUT2D eigenvalue weighted by atomic mass is 19.4. The predicted octanol–water partition coefficient (Wildman–Crippen LogP) is 6.78. The Balaban J connectivity index is 7.38. The van der Waals surface area contributed by atoms with E-state index in [0.717, 1.165) is 9.47 Å². The van der Waals surface area contributed by atoms with Crippen LogP contribution >= 0.6 is 0 Å². The fraction of sp³-hybridized carbons (Fsp3) is 0.917. The van der Waals surface area contributed by atoms with Crippen LogP contribution in [0.1, 0.15) is 0 Å². The van der Waals surface area contributed by atoms with Crippen LogP contribution in [0.2, 0.25) is 0 Å². The van der Waals surface area contributed by atoms with E-state index >= 15 is 0 Å². The minimum Gasteiger partial charge on any atom is -0.477 e. The SMILES string of the molecule is O=C(O)[C@](F)(OC(F)(F)[C@@](F)(OC(F)(F)[C@@](F)(OC(F)(C(F)(F)F)C(F)(F)F)C(F)(F)F)C(F)(F)F)C(F)(F)F. The number of carboxylic acids is 1. The van der Waals surface area contributed by atoms with Gasteiger partial charge >= 0.3 is 72.5 Å². The maximum Gasteiger partial charge on any atom is 0.460 e. The molecule has 3 atom stereocenters. The first-order chi connectivity index (χ1) is 16.8. The molecule has 0 radical (unpaired) electrons. The second kappa shape index (κ2) is 9.65. The molecule has 0 heterocycles. The summed E-state index contributed by atoms with van der Waals surface area (Å²) in [6.07, 6.45) is -58.1. The summed E-state index contributed by atoms with van der Waals surface area (Å²) in [6.45, 7) is 0. The third-order valence-corrected chi connectivity index (χ3v) is 3.67. The summed E-state index contributed by atoms with van der Waals surface area (Å²) < 4.78 is 301. The molecule has 0 rings (SSSR count). The van der Waals surface area contributed by atoms with Crippen molar-refractivity contribution >= 4 is 5.97 Å². The van der Waals surface area contributed by atoms with Crippen LogP contribution < -0.4 is 0 Å². The van der Waals surface area contributed by atoms with Crippen LogP contribution in [0, 0.1) is 0 Å². The van der Waals surface area contributed by atoms with Gasteiger partial charge in [-0.2, -0.15) is 101 Å². The third kappa shape index (κ3) is 6.01. The van der Waals surface area contributed by atoms with Crippen LogP contribution in [0.3, 0.4) is 0 Å². The highest BCUT2D eigenvalue weighted by Gasteiger charge is 2.89. The van der Waals surface area contributed by atoms with E-state index in [1.807, 2.05) is 0 Å². The van der Waals surface area contributed by atoms with Crippen molar-refractivity contribution in [1.29, 1.82) is 0 Å². The average Bonchev–Trinajstić information content (AvgIpc) is 2.61. The van der Waals surface area contributed by atoms with Gasteiger partial charge < -0.3 is 5.11 Å². The standard InChI is InChI=1S/C12HF23O5/c13-2(1(36)37,6(17,18)19)38-11(32,33)5(16,10(29,30)31)40-12(34,35)4(15,9(26,27)28)39-3(14,7(20,21)22)8(23,24)25/h(H,36,37)/t2-,4-,5-/m0/s1. The normalized spacial score (nSPS) is 20.0. The van der Waals surface area contributed by atoms with Crippen molar-refractivity contribution in [2.24, 2.45) is 0 Å². The van der Waals surface area contributed by atoms with E-state index < -0.39 is 72.5 Å². The molecule has 0 aromatic carbocycles. The lowest BCUT2D eigenvalue weighted by molar-refractivity contribution is -0.579. The van der Waals surface area contributed by atoms with E-state index in [0.29, 0.717) is 0 Å². The van der Waals surface area contributed by atoms with Gasteiger partial charge in [0.25, 0.3) is 0 Å². The maximum absolute atomic E-state index is 14.0. The fourth-order valence-electron chi connectivity index (χ4n) is 1.74. The van der Waals surface area contributed by atoms with E-state index in [4.69, 9.17) is 5.11 Å². The number of carboxylic acid groups (broad SMARTS) is 1. The second-order valence-corrected chi connectivity index (χ2v) is 6.51. The summed E-state index contributed by atoms with van der Waals surface area (Å²) in [4.78, 5) is 10.2. The number of aliphatic carboxylic acids is 1. The Hall–Kier alpha value is -2.26. The Morgan fingerprint density at radius 2 is 0.625 bits per heavy atom. The topological polar surface area (TPSA) is 65.0 Å². The van der Waals surface area contributed by atoms with E-state index in [1.165, 1.54) is 4.74 Å². The summed E-state index contributed by atoms with van der Waals surface area (Å²) in [5.41, 5.74) is 0. The van der Waals surface area contributed by atoms with Crippen molar-refractivity contribution in [1.82, 2.24) is 0 Å². The van der Waals surface area contributed by atoms with Crippen molar-refractivity contribution in [3.05, 3.63) is 0 Å². The third-order valence-electron chi connectivity index (χ3n) is 3.67. The smallest absolute Gasteiger partial charge is 0.460 e. The number of ether oxygens (including phenoxy) is 3. The molecule has 240 valence electrons. The Morgan fingerprint density at radius 1 is 0.375 bits per heavy atom. The van der Waals surface area contributed by atoms with E-state index in [-0.39, 0.29) is 0 Å². The first-order valence-corrected chi connectivity index (χ1v) is 8.00. The molecule has 0 saturated carbocycles. The molecule has 1 N–H and O–H groups in total. The van der Waals surface area contributed by atoms with Gasteiger partial charge in [-0.25, -0.2) is 4.79 Å². The molecule has 0 aromatic heterocycles. The molecule has 5 nitrogen and oxygen atoms in total. The van der Waals surface area contributed by atoms with Gasteiger partial charge in [-0.05, 0) is 0 Å². The minimum absolute atomic E-state index is 0.997. The molecule has 0 spiro atoms. The Labute approximate surface area is 199 Å². The summed E-state index contributed by atoms with van der Waals surface area (Å²) in [5, 5.41) is 7.92. The molecular formula is C12HF23O5. The lowest BCUT2D eigenvalue weighted by Crippen LogP contribution is -2.71. The van der Waals surface area contributed by atoms with Crippen molar-refractivity contribution < 1.29 is 125 Å². The molecule has 0 aliphatic carbocycles. The van der Waals surface area contributed by atoms with Crippen molar-refractivity contribution in [2.75, 3.05) is 0 Å². The van der Waals surface area contributed by atoms with Gasteiger partial charge in [0.05, 0.1) is 0 Å². The molecule has 40 heavy (non-hydrogen) atoms. The van der Waals surface area contributed by atoms with Crippen LogP contribution in [-0.2, 0) is 19.0 Å². The second-order valence-electron chi connectivity index (χ2n) is 6.51. The number of alkyl halides is 23. The van der Waals surface area contributed by atoms with Crippen molar-refractivity contribution in [2.45, 2.75) is 66.5 Å². The molecule has 0 amide bonds. The monoisotopic (exact) mass is 662 g/mol. The lowest BCUT2D eigenvalue weighted by Gasteiger charge is -2.43. The molecule has 0 unspecified atom stereocenters. The van der Waals surface area contributed by atoms with E-state index in [2.05, 4.69) is 0 Å². The zero-order valence-corrected chi connectivity index (χ0v) is 16.8. The highest BCUT2D eigenvalue weighted by molar-refractivity contribution is 5.76. The van der Waals surface area contributed by atoms with Gasteiger partial charge in [-0.3, -0.25) is 14.2 Å². The van der Waals surface area contributed by atoms with E-state index in [9.17, 15) is 106 Å². The zero-order valence-electron chi connectivity index (χ0n) is 16.8. The van der Waals surface area contributed by atoms with Crippen LogP contribution in [-0.4, -0.2) is 77.6 Å².